The molecule has 2 aromatic rings. The second-order valence-corrected chi connectivity index (χ2v) is 8.46. The van der Waals surface area contributed by atoms with Gasteiger partial charge in [-0.05, 0) is 56.4 Å². The fourth-order valence-corrected chi connectivity index (χ4v) is 4.12. The van der Waals surface area contributed by atoms with Crippen LogP contribution in [0.4, 0.5) is 0 Å². The van der Waals surface area contributed by atoms with Crippen LogP contribution in [0.15, 0.2) is 48.5 Å². The van der Waals surface area contributed by atoms with E-state index in [9.17, 15) is 9.59 Å². The zero-order valence-electron chi connectivity index (χ0n) is 18.9. The minimum absolute atomic E-state index is 0.0633. The van der Waals surface area contributed by atoms with Crippen LogP contribution in [0.3, 0.4) is 0 Å². The van der Waals surface area contributed by atoms with Gasteiger partial charge in [0.1, 0.15) is 11.8 Å². The van der Waals surface area contributed by atoms with E-state index in [1.54, 1.807) is 4.90 Å². The van der Waals surface area contributed by atoms with Gasteiger partial charge in [0.25, 0.3) is 5.91 Å². The average Bonchev–Trinajstić information content (AvgIpc) is 3.27. The molecule has 0 bridgehead atoms. The molecule has 1 fully saturated rings. The highest BCUT2D eigenvalue weighted by Gasteiger charge is 2.31. The molecule has 1 saturated carbocycles. The smallest absolute Gasteiger partial charge is 0.261 e. The van der Waals surface area contributed by atoms with Gasteiger partial charge in [-0.15, -0.1) is 0 Å². The molecule has 166 valence electrons. The monoisotopic (exact) mass is 422 g/mol. The Morgan fingerprint density at radius 1 is 1.06 bits per heavy atom. The molecule has 31 heavy (non-hydrogen) atoms. The van der Waals surface area contributed by atoms with Crippen molar-refractivity contribution < 1.29 is 14.3 Å². The van der Waals surface area contributed by atoms with E-state index in [1.807, 2.05) is 69.3 Å². The summed E-state index contributed by atoms with van der Waals surface area (Å²) >= 11 is 0. The second-order valence-electron chi connectivity index (χ2n) is 8.46. The summed E-state index contributed by atoms with van der Waals surface area (Å²) in [6, 6.07) is 15.3. The van der Waals surface area contributed by atoms with Crippen molar-refractivity contribution in [1.82, 2.24) is 10.2 Å². The van der Waals surface area contributed by atoms with E-state index in [1.165, 1.54) is 0 Å². The molecule has 1 aliphatic rings. The van der Waals surface area contributed by atoms with Gasteiger partial charge < -0.3 is 15.0 Å². The van der Waals surface area contributed by atoms with E-state index < -0.39 is 6.04 Å². The molecule has 0 aromatic heterocycles. The highest BCUT2D eigenvalue weighted by atomic mass is 16.5. The number of ether oxygens (including phenoxy) is 1. The second kappa shape index (κ2) is 11.0. The first kappa shape index (κ1) is 22.9. The molecule has 1 unspecified atom stereocenters. The number of rotatable bonds is 9. The Bertz CT molecular complexity index is 872. The third-order valence-electron chi connectivity index (χ3n) is 6.07. The van der Waals surface area contributed by atoms with Crippen LogP contribution in [0, 0.1) is 13.8 Å². The Balaban J connectivity index is 1.76. The van der Waals surface area contributed by atoms with Crippen LogP contribution >= 0.6 is 0 Å². The van der Waals surface area contributed by atoms with Crippen molar-refractivity contribution in [2.45, 2.75) is 71.5 Å². The third kappa shape index (κ3) is 6.33. The van der Waals surface area contributed by atoms with E-state index in [-0.39, 0.29) is 24.5 Å². The van der Waals surface area contributed by atoms with Crippen molar-refractivity contribution in [3.05, 3.63) is 65.2 Å². The molecule has 0 aliphatic heterocycles. The number of hydrogen-bond donors (Lipinski definition) is 1. The lowest BCUT2D eigenvalue weighted by molar-refractivity contribution is -0.143. The lowest BCUT2D eigenvalue weighted by Crippen LogP contribution is -2.52. The Morgan fingerprint density at radius 2 is 1.74 bits per heavy atom. The Morgan fingerprint density at radius 3 is 2.39 bits per heavy atom. The highest BCUT2D eigenvalue weighted by Crippen LogP contribution is 2.20. The molecule has 1 N–H and O–H groups in total. The first-order valence-corrected chi connectivity index (χ1v) is 11.3. The van der Waals surface area contributed by atoms with Crippen LogP contribution < -0.4 is 10.1 Å². The maximum Gasteiger partial charge on any atom is 0.261 e. The van der Waals surface area contributed by atoms with Crippen LogP contribution in [-0.2, 0) is 16.1 Å². The molecule has 0 heterocycles. The summed E-state index contributed by atoms with van der Waals surface area (Å²) in [7, 11) is 0. The predicted octanol–water partition coefficient (Wildman–Crippen LogP) is 4.55. The number of carbonyl (C=O) groups excluding carboxylic acids is 2. The molecule has 1 atom stereocenters. The minimum atomic E-state index is -0.519. The molecule has 0 spiro atoms. The third-order valence-corrected chi connectivity index (χ3v) is 6.07. The predicted molar refractivity (Wildman–Crippen MR) is 123 cm³/mol. The summed E-state index contributed by atoms with van der Waals surface area (Å²) in [5, 5.41) is 3.17. The Hall–Kier alpha value is -2.82. The SMILES string of the molecule is CCC(C(=O)NC1CCCC1)N(Cc1ccccc1C)C(=O)COc1ccc(C)cc1. The van der Waals surface area contributed by atoms with E-state index >= 15 is 0 Å². The quantitative estimate of drug-likeness (QED) is 0.645. The first-order chi connectivity index (χ1) is 15.0. The van der Waals surface area contributed by atoms with Crippen LogP contribution in [0.2, 0.25) is 0 Å². The van der Waals surface area contributed by atoms with Crippen molar-refractivity contribution in [3.8, 4) is 5.75 Å². The van der Waals surface area contributed by atoms with Crippen molar-refractivity contribution >= 4 is 11.8 Å². The molecular formula is C26H34N2O3. The zero-order chi connectivity index (χ0) is 22.2. The number of nitrogens with zero attached hydrogens (tertiary/aromatic N) is 1. The number of benzene rings is 2. The molecule has 0 radical (unpaired) electrons. The number of amides is 2. The lowest BCUT2D eigenvalue weighted by Gasteiger charge is -2.32. The maximum atomic E-state index is 13.3. The first-order valence-electron chi connectivity index (χ1n) is 11.3. The van der Waals surface area contributed by atoms with E-state index in [2.05, 4.69) is 5.32 Å². The van der Waals surface area contributed by atoms with Crippen LogP contribution in [0.1, 0.15) is 55.7 Å². The topological polar surface area (TPSA) is 58.6 Å². The van der Waals surface area contributed by atoms with Crippen LogP contribution in [-0.4, -0.2) is 35.4 Å². The van der Waals surface area contributed by atoms with E-state index in [4.69, 9.17) is 4.74 Å². The lowest BCUT2D eigenvalue weighted by atomic mass is 10.1. The van der Waals surface area contributed by atoms with Gasteiger partial charge in [-0.3, -0.25) is 9.59 Å². The van der Waals surface area contributed by atoms with Gasteiger partial charge in [0, 0.05) is 12.6 Å². The van der Waals surface area contributed by atoms with Crippen molar-refractivity contribution in [2.75, 3.05) is 6.61 Å². The zero-order valence-corrected chi connectivity index (χ0v) is 18.9. The van der Waals surface area contributed by atoms with Crippen LogP contribution in [0.5, 0.6) is 5.75 Å². The molecule has 5 nitrogen and oxygen atoms in total. The van der Waals surface area contributed by atoms with E-state index in [0.29, 0.717) is 18.7 Å². The number of nitrogens with one attached hydrogen (secondary N) is 1. The maximum absolute atomic E-state index is 13.3. The Kier molecular flexibility index (Phi) is 8.10. The minimum Gasteiger partial charge on any atom is -0.484 e. The molecule has 2 aromatic carbocycles. The summed E-state index contributed by atoms with van der Waals surface area (Å²) in [5.41, 5.74) is 3.28. The number of carbonyl (C=O) groups is 2. The normalized spacial score (nSPS) is 14.8. The molecule has 1 aliphatic carbocycles. The largest absolute Gasteiger partial charge is 0.484 e. The van der Waals surface area contributed by atoms with Gasteiger partial charge >= 0.3 is 0 Å². The summed E-state index contributed by atoms with van der Waals surface area (Å²) in [5.74, 6) is 0.405. The Labute approximate surface area is 185 Å². The van der Waals surface area contributed by atoms with Crippen molar-refractivity contribution in [1.29, 1.82) is 0 Å². The average molecular weight is 423 g/mol. The van der Waals surface area contributed by atoms with Crippen LogP contribution in [0.25, 0.3) is 0 Å². The summed E-state index contributed by atoms with van der Waals surface area (Å²) in [6.07, 6.45) is 4.89. The van der Waals surface area contributed by atoms with E-state index in [0.717, 1.165) is 42.4 Å². The number of aryl methyl sites for hydroxylation is 2. The highest BCUT2D eigenvalue weighted by molar-refractivity contribution is 5.88. The van der Waals surface area contributed by atoms with Crippen molar-refractivity contribution in [3.63, 3.8) is 0 Å². The molecule has 5 heteroatoms. The van der Waals surface area contributed by atoms with Gasteiger partial charge in [0.05, 0.1) is 0 Å². The summed E-state index contributed by atoms with van der Waals surface area (Å²) < 4.78 is 5.76. The molecule has 2 amide bonds. The summed E-state index contributed by atoms with van der Waals surface area (Å²) in [6.45, 7) is 6.29. The van der Waals surface area contributed by atoms with Gasteiger partial charge in [-0.1, -0.05) is 61.7 Å². The summed E-state index contributed by atoms with van der Waals surface area (Å²) in [4.78, 5) is 28.1. The fourth-order valence-electron chi connectivity index (χ4n) is 4.12. The van der Waals surface area contributed by atoms with Gasteiger partial charge in [-0.25, -0.2) is 0 Å². The number of hydrogen-bond acceptors (Lipinski definition) is 3. The molecule has 3 rings (SSSR count). The fraction of sp³-hybridized carbons (Fsp3) is 0.462. The molecular weight excluding hydrogens is 388 g/mol. The van der Waals surface area contributed by atoms with Gasteiger partial charge in [0.2, 0.25) is 5.91 Å². The van der Waals surface area contributed by atoms with Crippen molar-refractivity contribution in [2.24, 2.45) is 0 Å². The van der Waals surface area contributed by atoms with Gasteiger partial charge in [-0.2, -0.15) is 0 Å². The standard InChI is InChI=1S/C26H34N2O3/c1-4-24(26(30)27-22-11-7-8-12-22)28(17-21-10-6-5-9-20(21)3)25(29)18-31-23-15-13-19(2)14-16-23/h5-6,9-10,13-16,22,24H,4,7-8,11-12,17-18H2,1-3H3,(H,27,30). The van der Waals surface area contributed by atoms with Gasteiger partial charge in [0.15, 0.2) is 6.61 Å². The molecule has 0 saturated heterocycles.